The largest absolute Gasteiger partial charge is 0.468 e. The van der Waals surface area contributed by atoms with Crippen LogP contribution in [0.25, 0.3) is 0 Å². The van der Waals surface area contributed by atoms with Gasteiger partial charge in [0.15, 0.2) is 0 Å². The molecule has 3 heterocycles. The lowest BCUT2D eigenvalue weighted by atomic mass is 9.59. The van der Waals surface area contributed by atoms with E-state index in [9.17, 15) is 24.0 Å². The van der Waals surface area contributed by atoms with E-state index in [1.54, 1.807) is 0 Å². The minimum atomic E-state index is -1.43. The molecule has 3 aliphatic heterocycles. The van der Waals surface area contributed by atoms with Crippen molar-refractivity contribution in [2.75, 3.05) is 33.3 Å². The molecule has 12 heteroatoms. The number of fused-ring (bicyclic) bond motifs is 5. The SMILES string of the molecule is CCC1=C(OC(=O)N(CC)CC)N2C(=O)OC(=NCC3CC3)[C@]2(Cc2ccccc2)C2C1=CCC1C(=O)N(CC(=O)OC)C(=O)C12. The van der Waals surface area contributed by atoms with Crippen molar-refractivity contribution in [3.8, 4) is 0 Å². The van der Waals surface area contributed by atoms with Crippen LogP contribution < -0.4 is 0 Å². The Morgan fingerprint density at radius 3 is 2.41 bits per heavy atom. The summed E-state index contributed by atoms with van der Waals surface area (Å²) in [6.45, 7) is 6.32. The van der Waals surface area contributed by atoms with Crippen molar-refractivity contribution in [1.29, 1.82) is 0 Å². The molecule has 0 spiro atoms. The molecule has 2 saturated heterocycles. The van der Waals surface area contributed by atoms with Crippen molar-refractivity contribution in [2.45, 2.75) is 58.4 Å². The normalized spacial score (nSPS) is 27.7. The number of carbonyl (C=O) groups is 5. The molecule has 12 nitrogen and oxygen atoms in total. The third-order valence-corrected chi connectivity index (χ3v) is 9.89. The average molecular weight is 633 g/mol. The van der Waals surface area contributed by atoms with Gasteiger partial charge in [-0.25, -0.2) is 14.5 Å². The molecule has 2 aliphatic carbocycles. The van der Waals surface area contributed by atoms with Gasteiger partial charge in [-0.1, -0.05) is 43.3 Å². The highest BCUT2D eigenvalue weighted by Crippen LogP contribution is 2.58. The van der Waals surface area contributed by atoms with Crippen LogP contribution in [0.5, 0.6) is 0 Å². The number of nitrogens with zero attached hydrogens (tertiary/aromatic N) is 4. The van der Waals surface area contributed by atoms with Crippen molar-refractivity contribution in [1.82, 2.24) is 14.7 Å². The van der Waals surface area contributed by atoms with Gasteiger partial charge in [-0.05, 0) is 56.6 Å². The van der Waals surface area contributed by atoms with Crippen LogP contribution in [0.2, 0.25) is 0 Å². The number of hydrogen-bond acceptors (Lipinski definition) is 9. The predicted octanol–water partition coefficient (Wildman–Crippen LogP) is 4.06. The summed E-state index contributed by atoms with van der Waals surface area (Å²) in [6, 6.07) is 9.49. The van der Waals surface area contributed by atoms with Gasteiger partial charge in [-0.3, -0.25) is 24.3 Å². The maximum atomic E-state index is 14.3. The number of allylic oxidation sites excluding steroid dienone is 2. The lowest BCUT2D eigenvalue weighted by Gasteiger charge is -2.51. The molecule has 0 aromatic heterocycles. The smallest absolute Gasteiger partial charge is 0.424 e. The highest BCUT2D eigenvalue weighted by atomic mass is 16.6. The maximum Gasteiger partial charge on any atom is 0.424 e. The van der Waals surface area contributed by atoms with Gasteiger partial charge in [0.25, 0.3) is 0 Å². The number of benzene rings is 1. The summed E-state index contributed by atoms with van der Waals surface area (Å²) in [4.78, 5) is 76.8. The van der Waals surface area contributed by atoms with Gasteiger partial charge in [-0.2, -0.15) is 0 Å². The topological polar surface area (TPSA) is 135 Å². The molecule has 1 aromatic carbocycles. The molecule has 3 unspecified atom stereocenters. The standard InChI is InChI=1S/C34H40N4O8/c1-5-22-23-15-16-24-26(29(41)37(28(24)40)19-25(39)44-4)27(23)34(17-20-11-9-8-10-12-20)31(35-18-21-13-14-21)46-33(43)38(34)30(22)45-32(42)36(6-2)7-3/h8-12,15,21,24,26-27H,5-7,13-14,16-19H2,1-4H3/t24?,26?,27?,34-/m0/s1. The predicted molar refractivity (Wildman–Crippen MR) is 165 cm³/mol. The van der Waals surface area contributed by atoms with Crippen LogP contribution >= 0.6 is 0 Å². The molecule has 1 saturated carbocycles. The van der Waals surface area contributed by atoms with Gasteiger partial charge in [0.2, 0.25) is 23.6 Å². The van der Waals surface area contributed by atoms with Crippen LogP contribution in [-0.4, -0.2) is 89.4 Å². The van der Waals surface area contributed by atoms with E-state index in [0.717, 1.165) is 28.9 Å². The van der Waals surface area contributed by atoms with Crippen molar-refractivity contribution >= 4 is 35.9 Å². The Morgan fingerprint density at radius 2 is 1.78 bits per heavy atom. The van der Waals surface area contributed by atoms with Crippen LogP contribution in [0.1, 0.15) is 52.0 Å². The Kier molecular flexibility index (Phi) is 8.47. The van der Waals surface area contributed by atoms with E-state index in [1.807, 2.05) is 57.2 Å². The van der Waals surface area contributed by atoms with Crippen molar-refractivity contribution in [3.63, 3.8) is 0 Å². The third kappa shape index (κ3) is 5.07. The highest BCUT2D eigenvalue weighted by molar-refractivity contribution is 6.10. The molecule has 5 aliphatic rings. The summed E-state index contributed by atoms with van der Waals surface area (Å²) in [7, 11) is 1.21. The molecule has 3 fully saturated rings. The second-order valence-electron chi connectivity index (χ2n) is 12.4. The lowest BCUT2D eigenvalue weighted by Crippen LogP contribution is -2.63. The first-order valence-corrected chi connectivity index (χ1v) is 16.1. The Hall–Kier alpha value is -4.48. The molecular formula is C34H40N4O8. The Morgan fingerprint density at radius 1 is 1.07 bits per heavy atom. The highest BCUT2D eigenvalue weighted by Gasteiger charge is 2.70. The lowest BCUT2D eigenvalue weighted by molar-refractivity contribution is -0.151. The number of amides is 4. The number of likely N-dealkylation sites (tertiary alicyclic amines) is 1. The van der Waals surface area contributed by atoms with Crippen LogP contribution in [-0.2, 0) is 35.0 Å². The first-order chi connectivity index (χ1) is 22.2. The Labute approximate surface area is 268 Å². The number of imide groups is 1. The van der Waals surface area contributed by atoms with Crippen LogP contribution in [0, 0.1) is 23.7 Å². The number of esters is 1. The zero-order valence-corrected chi connectivity index (χ0v) is 26.7. The first-order valence-electron chi connectivity index (χ1n) is 16.1. The summed E-state index contributed by atoms with van der Waals surface area (Å²) in [5.74, 6) is -3.58. The molecule has 46 heavy (non-hydrogen) atoms. The van der Waals surface area contributed by atoms with E-state index in [2.05, 4.69) is 0 Å². The number of rotatable bonds is 10. The van der Waals surface area contributed by atoms with E-state index >= 15 is 0 Å². The van der Waals surface area contributed by atoms with Crippen molar-refractivity contribution in [2.24, 2.45) is 28.7 Å². The van der Waals surface area contributed by atoms with E-state index in [0.29, 0.717) is 37.5 Å². The molecule has 4 atom stereocenters. The van der Waals surface area contributed by atoms with Crippen LogP contribution in [0.3, 0.4) is 0 Å². The summed E-state index contributed by atoms with van der Waals surface area (Å²) in [6.07, 6.45) is 3.37. The second-order valence-corrected chi connectivity index (χ2v) is 12.4. The van der Waals surface area contributed by atoms with Gasteiger partial charge in [-0.15, -0.1) is 0 Å². The van der Waals surface area contributed by atoms with Crippen LogP contribution in [0.15, 0.2) is 58.4 Å². The molecule has 0 N–H and O–H groups in total. The molecule has 244 valence electrons. The summed E-state index contributed by atoms with van der Waals surface area (Å²) in [5, 5.41) is 0. The Balaban J connectivity index is 1.59. The molecular weight excluding hydrogens is 592 g/mol. The summed E-state index contributed by atoms with van der Waals surface area (Å²) in [5.41, 5.74) is 0.706. The minimum Gasteiger partial charge on any atom is -0.468 e. The zero-order valence-electron chi connectivity index (χ0n) is 26.7. The summed E-state index contributed by atoms with van der Waals surface area (Å²) >= 11 is 0. The van der Waals surface area contributed by atoms with Crippen molar-refractivity contribution < 1.29 is 38.2 Å². The van der Waals surface area contributed by atoms with E-state index < -0.39 is 59.8 Å². The quantitative estimate of drug-likeness (QED) is 0.214. The number of carbonyl (C=O) groups excluding carboxylic acids is 5. The number of aliphatic imine (C=N–C) groups is 1. The first kappa shape index (κ1) is 31.5. The number of ether oxygens (including phenoxy) is 3. The van der Waals surface area contributed by atoms with Gasteiger partial charge < -0.3 is 19.1 Å². The van der Waals surface area contributed by atoms with Gasteiger partial charge in [0.1, 0.15) is 12.1 Å². The van der Waals surface area contributed by atoms with Crippen LogP contribution in [0.4, 0.5) is 9.59 Å². The Bertz CT molecular complexity index is 1540. The number of hydrogen-bond donors (Lipinski definition) is 0. The number of cyclic esters (lactones) is 1. The zero-order chi connectivity index (χ0) is 32.7. The fraction of sp³-hybridized carbons (Fsp3) is 0.529. The molecule has 0 bridgehead atoms. The second kappa shape index (κ2) is 12.4. The van der Waals surface area contributed by atoms with Crippen molar-refractivity contribution in [3.05, 3.63) is 59.0 Å². The van der Waals surface area contributed by atoms with Gasteiger partial charge in [0.05, 0.1) is 18.9 Å². The van der Waals surface area contributed by atoms with E-state index in [4.69, 9.17) is 19.2 Å². The minimum absolute atomic E-state index is 0.0566. The van der Waals surface area contributed by atoms with E-state index in [1.165, 1.54) is 16.9 Å². The average Bonchev–Trinajstić information content (AvgIpc) is 3.80. The fourth-order valence-electron chi connectivity index (χ4n) is 7.44. The summed E-state index contributed by atoms with van der Waals surface area (Å²) < 4.78 is 17.0. The van der Waals surface area contributed by atoms with E-state index in [-0.39, 0.29) is 24.6 Å². The number of methoxy groups -OCH3 is 1. The monoisotopic (exact) mass is 632 g/mol. The molecule has 4 amide bonds. The third-order valence-electron chi connectivity index (χ3n) is 9.89. The fourth-order valence-corrected chi connectivity index (χ4v) is 7.44. The van der Waals surface area contributed by atoms with Gasteiger partial charge in [0, 0.05) is 37.5 Å². The van der Waals surface area contributed by atoms with Gasteiger partial charge >= 0.3 is 18.2 Å². The molecule has 1 aromatic rings. The molecule has 0 radical (unpaired) electrons. The maximum absolute atomic E-state index is 14.3. The molecule has 6 rings (SSSR count).